The highest BCUT2D eigenvalue weighted by Crippen LogP contribution is 2.30. The third kappa shape index (κ3) is 2.52. The Bertz CT molecular complexity index is 351. The van der Waals surface area contributed by atoms with Crippen LogP contribution in [0.4, 0.5) is 4.39 Å². The van der Waals surface area contributed by atoms with Gasteiger partial charge in [0, 0.05) is 28.6 Å². The topological polar surface area (TPSA) is 12.0 Å². The summed E-state index contributed by atoms with van der Waals surface area (Å²) in [5.74, 6) is 1.93. The molecule has 0 aromatic heterocycles. The Morgan fingerprint density at radius 3 is 2.80 bits per heavy atom. The number of halogens is 1. The number of benzene rings is 1. The van der Waals surface area contributed by atoms with Crippen molar-refractivity contribution in [3.63, 3.8) is 0 Å². The minimum absolute atomic E-state index is 0.0931. The molecule has 0 spiro atoms. The first-order chi connectivity index (χ1) is 7.08. The fourth-order valence-electron chi connectivity index (χ4n) is 1.91. The van der Waals surface area contributed by atoms with Gasteiger partial charge < -0.3 is 5.32 Å². The molecule has 1 aliphatic rings. The molecule has 1 N–H and O–H groups in total. The van der Waals surface area contributed by atoms with Crippen LogP contribution in [0.25, 0.3) is 0 Å². The molecule has 1 aliphatic heterocycles. The third-order valence-corrected chi connectivity index (χ3v) is 4.09. The summed E-state index contributed by atoms with van der Waals surface area (Å²) < 4.78 is 13.6. The maximum atomic E-state index is 13.6. The second-order valence-electron chi connectivity index (χ2n) is 4.62. The molecule has 1 unspecified atom stereocenters. The van der Waals surface area contributed by atoms with Gasteiger partial charge in [-0.2, -0.15) is 11.8 Å². The Kier molecular flexibility index (Phi) is 3.03. The van der Waals surface area contributed by atoms with Crippen LogP contribution < -0.4 is 5.32 Å². The summed E-state index contributed by atoms with van der Waals surface area (Å²) in [6, 6.07) is 7.17. The van der Waals surface area contributed by atoms with E-state index in [-0.39, 0.29) is 17.4 Å². The van der Waals surface area contributed by atoms with E-state index in [0.29, 0.717) is 0 Å². The maximum absolute atomic E-state index is 13.6. The zero-order chi connectivity index (χ0) is 10.9. The fourth-order valence-corrected chi connectivity index (χ4v) is 3.12. The van der Waals surface area contributed by atoms with Gasteiger partial charge in [0.05, 0.1) is 0 Å². The van der Waals surface area contributed by atoms with Crippen molar-refractivity contribution in [3.05, 3.63) is 35.6 Å². The van der Waals surface area contributed by atoms with Gasteiger partial charge in [-0.25, -0.2) is 4.39 Å². The molecular weight excluding hydrogens is 209 g/mol. The van der Waals surface area contributed by atoms with E-state index in [4.69, 9.17) is 0 Å². The van der Waals surface area contributed by atoms with Crippen molar-refractivity contribution < 1.29 is 4.39 Å². The monoisotopic (exact) mass is 225 g/mol. The van der Waals surface area contributed by atoms with E-state index in [2.05, 4.69) is 19.2 Å². The number of hydrogen-bond donors (Lipinski definition) is 1. The molecule has 1 saturated heterocycles. The Morgan fingerprint density at radius 2 is 2.13 bits per heavy atom. The summed E-state index contributed by atoms with van der Waals surface area (Å²) in [5, 5.41) is 3.49. The predicted molar refractivity (Wildman–Crippen MR) is 63.7 cm³/mol. The summed E-state index contributed by atoms with van der Waals surface area (Å²) >= 11 is 1.88. The van der Waals surface area contributed by atoms with E-state index in [0.717, 1.165) is 17.1 Å². The SMILES string of the molecule is CC1(C)CSCC(c2ccccc2F)N1. The molecule has 0 aliphatic carbocycles. The average Bonchev–Trinajstić information content (AvgIpc) is 2.17. The molecule has 3 heteroatoms. The van der Waals surface area contributed by atoms with Gasteiger partial charge in [-0.05, 0) is 19.9 Å². The van der Waals surface area contributed by atoms with Crippen LogP contribution in [0.5, 0.6) is 0 Å². The van der Waals surface area contributed by atoms with E-state index < -0.39 is 0 Å². The highest BCUT2D eigenvalue weighted by atomic mass is 32.2. The molecular formula is C12H16FNS. The summed E-state index contributed by atoms with van der Waals surface area (Å²) in [4.78, 5) is 0. The van der Waals surface area contributed by atoms with Crippen LogP contribution >= 0.6 is 11.8 Å². The van der Waals surface area contributed by atoms with E-state index in [9.17, 15) is 4.39 Å². The first kappa shape index (κ1) is 11.0. The van der Waals surface area contributed by atoms with Crippen LogP contribution in [0.3, 0.4) is 0 Å². The van der Waals surface area contributed by atoms with Crippen molar-refractivity contribution >= 4 is 11.8 Å². The fraction of sp³-hybridized carbons (Fsp3) is 0.500. The van der Waals surface area contributed by atoms with Crippen LogP contribution in [0, 0.1) is 5.82 Å². The molecule has 0 radical (unpaired) electrons. The molecule has 0 saturated carbocycles. The molecule has 1 heterocycles. The lowest BCUT2D eigenvalue weighted by Crippen LogP contribution is -2.48. The van der Waals surface area contributed by atoms with Gasteiger partial charge in [0.25, 0.3) is 0 Å². The van der Waals surface area contributed by atoms with Crippen LogP contribution in [0.1, 0.15) is 25.5 Å². The Morgan fingerprint density at radius 1 is 1.40 bits per heavy atom. The van der Waals surface area contributed by atoms with E-state index in [1.54, 1.807) is 6.07 Å². The summed E-state index contributed by atoms with van der Waals surface area (Å²) in [6.07, 6.45) is 0. The van der Waals surface area contributed by atoms with Crippen molar-refractivity contribution in [2.24, 2.45) is 0 Å². The Balaban J connectivity index is 2.21. The minimum atomic E-state index is -0.103. The Hall–Kier alpha value is -0.540. The normalized spacial score (nSPS) is 25.1. The van der Waals surface area contributed by atoms with Gasteiger partial charge in [-0.15, -0.1) is 0 Å². The van der Waals surface area contributed by atoms with E-state index >= 15 is 0 Å². The van der Waals surface area contributed by atoms with Crippen LogP contribution in [-0.2, 0) is 0 Å². The first-order valence-electron chi connectivity index (χ1n) is 5.18. The lowest BCUT2D eigenvalue weighted by atomic mass is 10.0. The van der Waals surface area contributed by atoms with Gasteiger partial charge in [0.15, 0.2) is 0 Å². The lowest BCUT2D eigenvalue weighted by molar-refractivity contribution is 0.369. The molecule has 82 valence electrons. The number of nitrogens with one attached hydrogen (secondary N) is 1. The summed E-state index contributed by atoms with van der Waals surface area (Å²) in [6.45, 7) is 4.32. The largest absolute Gasteiger partial charge is 0.303 e. The number of hydrogen-bond acceptors (Lipinski definition) is 2. The van der Waals surface area contributed by atoms with Gasteiger partial charge >= 0.3 is 0 Å². The standard InChI is InChI=1S/C12H16FNS/c1-12(2)8-15-7-11(14-12)9-5-3-4-6-10(9)13/h3-6,11,14H,7-8H2,1-2H3. The molecule has 2 rings (SSSR count). The van der Waals surface area contributed by atoms with Gasteiger partial charge in [-0.1, -0.05) is 18.2 Å². The third-order valence-electron chi connectivity index (χ3n) is 2.59. The predicted octanol–water partition coefficient (Wildman–Crippen LogP) is 2.98. The van der Waals surface area contributed by atoms with Crippen LogP contribution in [0.2, 0.25) is 0 Å². The Labute approximate surface area is 94.5 Å². The van der Waals surface area contributed by atoms with Crippen molar-refractivity contribution in [1.29, 1.82) is 0 Å². The first-order valence-corrected chi connectivity index (χ1v) is 6.34. The van der Waals surface area contributed by atoms with E-state index in [1.807, 2.05) is 23.9 Å². The average molecular weight is 225 g/mol. The summed E-state index contributed by atoms with van der Waals surface area (Å²) in [5.41, 5.74) is 0.883. The summed E-state index contributed by atoms with van der Waals surface area (Å²) in [7, 11) is 0. The smallest absolute Gasteiger partial charge is 0.128 e. The molecule has 1 aromatic rings. The lowest BCUT2D eigenvalue weighted by Gasteiger charge is -2.37. The van der Waals surface area contributed by atoms with Crippen LogP contribution in [-0.4, -0.2) is 17.0 Å². The minimum Gasteiger partial charge on any atom is -0.303 e. The van der Waals surface area contributed by atoms with Gasteiger partial charge in [0.1, 0.15) is 5.82 Å². The van der Waals surface area contributed by atoms with Gasteiger partial charge in [-0.3, -0.25) is 0 Å². The second kappa shape index (κ2) is 4.14. The molecule has 1 nitrogen and oxygen atoms in total. The maximum Gasteiger partial charge on any atom is 0.128 e. The van der Waals surface area contributed by atoms with E-state index in [1.165, 1.54) is 6.07 Å². The van der Waals surface area contributed by atoms with Crippen molar-refractivity contribution in [2.45, 2.75) is 25.4 Å². The van der Waals surface area contributed by atoms with Gasteiger partial charge in [0.2, 0.25) is 0 Å². The molecule has 1 aromatic carbocycles. The molecule has 0 amide bonds. The highest BCUT2D eigenvalue weighted by Gasteiger charge is 2.29. The van der Waals surface area contributed by atoms with Crippen molar-refractivity contribution in [1.82, 2.24) is 5.32 Å². The zero-order valence-electron chi connectivity index (χ0n) is 9.09. The second-order valence-corrected chi connectivity index (χ2v) is 5.65. The number of thioether (sulfide) groups is 1. The quantitative estimate of drug-likeness (QED) is 0.788. The molecule has 0 bridgehead atoms. The van der Waals surface area contributed by atoms with Crippen LogP contribution in [0.15, 0.2) is 24.3 Å². The highest BCUT2D eigenvalue weighted by molar-refractivity contribution is 7.99. The zero-order valence-corrected chi connectivity index (χ0v) is 9.90. The van der Waals surface area contributed by atoms with Crippen molar-refractivity contribution in [3.8, 4) is 0 Å². The number of rotatable bonds is 1. The van der Waals surface area contributed by atoms with Crippen molar-refractivity contribution in [2.75, 3.05) is 11.5 Å². The molecule has 1 fully saturated rings. The molecule has 1 atom stereocenters. The molecule has 15 heavy (non-hydrogen) atoms.